The van der Waals surface area contributed by atoms with Crippen LogP contribution in [-0.2, 0) is 9.53 Å². The van der Waals surface area contributed by atoms with Crippen LogP contribution in [0, 0.1) is 0 Å². The molecule has 1 atom stereocenters. The van der Waals surface area contributed by atoms with Gasteiger partial charge in [-0.1, -0.05) is 25.2 Å². The molecule has 0 aromatic heterocycles. The zero-order valence-corrected chi connectivity index (χ0v) is 14.5. The normalized spacial score (nSPS) is 22.6. The molecule has 0 radical (unpaired) electrons. The van der Waals surface area contributed by atoms with Crippen LogP contribution in [0.15, 0.2) is 23.8 Å². The highest BCUT2D eigenvalue weighted by atomic mass is 16.5. The predicted molar refractivity (Wildman–Crippen MR) is 91.6 cm³/mol. The van der Waals surface area contributed by atoms with E-state index in [4.69, 9.17) is 9.84 Å². The van der Waals surface area contributed by atoms with Crippen LogP contribution >= 0.6 is 0 Å². The summed E-state index contributed by atoms with van der Waals surface area (Å²) in [6.07, 6.45) is 10.4. The molecule has 5 nitrogen and oxygen atoms in total. The van der Waals surface area contributed by atoms with Gasteiger partial charge in [0.05, 0.1) is 6.61 Å². The number of allylic oxidation sites excluding steroid dienone is 2. The van der Waals surface area contributed by atoms with Crippen LogP contribution in [0.25, 0.3) is 0 Å². The molecule has 1 aliphatic carbocycles. The highest BCUT2D eigenvalue weighted by Gasteiger charge is 2.34. The summed E-state index contributed by atoms with van der Waals surface area (Å²) in [5, 5.41) is 8.57. The first-order chi connectivity index (χ1) is 11.1. The van der Waals surface area contributed by atoms with Crippen molar-refractivity contribution in [1.82, 2.24) is 9.80 Å². The Labute approximate surface area is 139 Å². The van der Waals surface area contributed by atoms with Gasteiger partial charge in [0, 0.05) is 38.3 Å². The summed E-state index contributed by atoms with van der Waals surface area (Å²) in [6, 6.07) is 0. The Kier molecular flexibility index (Phi) is 6.81. The van der Waals surface area contributed by atoms with Gasteiger partial charge >= 0.3 is 5.97 Å². The minimum Gasteiger partial charge on any atom is -0.480 e. The van der Waals surface area contributed by atoms with Crippen LogP contribution < -0.4 is 0 Å². The molecule has 23 heavy (non-hydrogen) atoms. The standard InChI is InChI=1S/C18H30N2O3/c1-3-18(2,16-7-5-4-6-8-16)20-11-9-19(10-12-20)13-14-23-15-17(21)22/h5,7-8H,3-4,6,9-15H2,1-2H3,(H,21,22). The summed E-state index contributed by atoms with van der Waals surface area (Å²) in [4.78, 5) is 15.4. The molecule has 0 spiro atoms. The van der Waals surface area contributed by atoms with Crippen molar-refractivity contribution in [2.24, 2.45) is 0 Å². The largest absolute Gasteiger partial charge is 0.480 e. The average Bonchev–Trinajstić information content (AvgIpc) is 2.59. The van der Waals surface area contributed by atoms with Crippen LogP contribution in [0.1, 0.15) is 33.1 Å². The van der Waals surface area contributed by atoms with E-state index in [9.17, 15) is 4.79 Å². The van der Waals surface area contributed by atoms with Gasteiger partial charge in [-0.05, 0) is 31.8 Å². The topological polar surface area (TPSA) is 53.0 Å². The quantitative estimate of drug-likeness (QED) is 0.694. The lowest BCUT2D eigenvalue weighted by molar-refractivity contribution is -0.142. The van der Waals surface area contributed by atoms with Crippen molar-refractivity contribution in [3.63, 3.8) is 0 Å². The number of aliphatic carboxylic acids is 1. The van der Waals surface area contributed by atoms with Gasteiger partial charge in [0.15, 0.2) is 0 Å². The van der Waals surface area contributed by atoms with E-state index in [-0.39, 0.29) is 12.1 Å². The van der Waals surface area contributed by atoms with Gasteiger partial charge in [-0.15, -0.1) is 0 Å². The molecule has 2 rings (SSSR count). The van der Waals surface area contributed by atoms with Crippen LogP contribution in [-0.4, -0.2) is 72.4 Å². The Morgan fingerprint density at radius 3 is 2.61 bits per heavy atom. The molecule has 1 N–H and O–H groups in total. The molecule has 0 aromatic rings. The van der Waals surface area contributed by atoms with E-state index in [0.717, 1.165) is 52.0 Å². The van der Waals surface area contributed by atoms with Gasteiger partial charge < -0.3 is 9.84 Å². The smallest absolute Gasteiger partial charge is 0.329 e. The summed E-state index contributed by atoms with van der Waals surface area (Å²) >= 11 is 0. The molecule has 1 aliphatic heterocycles. The SMILES string of the molecule is CCC(C)(C1=CCCC=C1)N1CCN(CCOCC(=O)O)CC1. The second kappa shape index (κ2) is 8.62. The number of carboxylic acids is 1. The van der Waals surface area contributed by atoms with E-state index in [1.54, 1.807) is 0 Å². The molecule has 0 amide bonds. The molecular formula is C18H30N2O3. The monoisotopic (exact) mass is 322 g/mol. The Bertz CT molecular complexity index is 453. The molecule has 1 heterocycles. The zero-order valence-electron chi connectivity index (χ0n) is 14.5. The van der Waals surface area contributed by atoms with Crippen LogP contribution in [0.3, 0.4) is 0 Å². The number of nitrogens with zero attached hydrogens (tertiary/aromatic N) is 2. The van der Waals surface area contributed by atoms with E-state index < -0.39 is 5.97 Å². The van der Waals surface area contributed by atoms with Gasteiger partial charge in [-0.25, -0.2) is 4.79 Å². The highest BCUT2D eigenvalue weighted by Crippen LogP contribution is 2.32. The van der Waals surface area contributed by atoms with Crippen molar-refractivity contribution in [1.29, 1.82) is 0 Å². The Morgan fingerprint density at radius 2 is 2.04 bits per heavy atom. The van der Waals surface area contributed by atoms with Gasteiger partial charge in [-0.3, -0.25) is 9.80 Å². The van der Waals surface area contributed by atoms with Crippen molar-refractivity contribution < 1.29 is 14.6 Å². The van der Waals surface area contributed by atoms with E-state index in [1.807, 2.05) is 0 Å². The molecule has 1 fully saturated rings. The van der Waals surface area contributed by atoms with E-state index >= 15 is 0 Å². The maximum absolute atomic E-state index is 10.4. The fraction of sp³-hybridized carbons (Fsp3) is 0.722. The van der Waals surface area contributed by atoms with Gasteiger partial charge in [-0.2, -0.15) is 0 Å². The van der Waals surface area contributed by atoms with Gasteiger partial charge in [0.1, 0.15) is 6.61 Å². The number of carboxylic acid groups (broad SMARTS) is 1. The maximum atomic E-state index is 10.4. The second-order valence-corrected chi connectivity index (χ2v) is 6.54. The van der Waals surface area contributed by atoms with Gasteiger partial charge in [0.2, 0.25) is 0 Å². The maximum Gasteiger partial charge on any atom is 0.329 e. The summed E-state index contributed by atoms with van der Waals surface area (Å²) in [7, 11) is 0. The molecule has 130 valence electrons. The van der Waals surface area contributed by atoms with Crippen molar-refractivity contribution in [2.75, 3.05) is 45.9 Å². The molecule has 0 saturated carbocycles. The number of hydrogen-bond acceptors (Lipinski definition) is 4. The molecule has 1 saturated heterocycles. The fourth-order valence-electron chi connectivity index (χ4n) is 3.44. The van der Waals surface area contributed by atoms with Crippen molar-refractivity contribution >= 4 is 5.97 Å². The van der Waals surface area contributed by atoms with Crippen LogP contribution in [0.4, 0.5) is 0 Å². The average molecular weight is 322 g/mol. The third-order valence-corrected chi connectivity index (χ3v) is 5.15. The summed E-state index contributed by atoms with van der Waals surface area (Å²) in [5.41, 5.74) is 1.59. The molecular weight excluding hydrogens is 292 g/mol. The Hall–Kier alpha value is -1.17. The van der Waals surface area contributed by atoms with Crippen molar-refractivity contribution in [2.45, 2.75) is 38.6 Å². The van der Waals surface area contributed by atoms with E-state index in [2.05, 4.69) is 41.9 Å². The van der Waals surface area contributed by atoms with Crippen molar-refractivity contribution in [3.8, 4) is 0 Å². The number of hydrogen-bond donors (Lipinski definition) is 1. The highest BCUT2D eigenvalue weighted by molar-refractivity contribution is 5.67. The van der Waals surface area contributed by atoms with Gasteiger partial charge in [0.25, 0.3) is 0 Å². The number of piperazine rings is 1. The van der Waals surface area contributed by atoms with Crippen molar-refractivity contribution in [3.05, 3.63) is 23.8 Å². The summed E-state index contributed by atoms with van der Waals surface area (Å²) in [6.45, 7) is 9.87. The van der Waals surface area contributed by atoms with E-state index in [1.165, 1.54) is 5.57 Å². The number of rotatable bonds is 8. The number of carbonyl (C=O) groups is 1. The summed E-state index contributed by atoms with van der Waals surface area (Å²) < 4.78 is 5.14. The predicted octanol–water partition coefficient (Wildman–Crippen LogP) is 2.15. The molecule has 5 heteroatoms. The molecule has 0 aromatic carbocycles. The van der Waals surface area contributed by atoms with E-state index in [0.29, 0.717) is 6.61 Å². The van der Waals surface area contributed by atoms with Crippen LogP contribution in [0.5, 0.6) is 0 Å². The minimum absolute atomic E-state index is 0.128. The lowest BCUT2D eigenvalue weighted by atomic mass is 9.83. The summed E-state index contributed by atoms with van der Waals surface area (Å²) in [5.74, 6) is -0.901. The minimum atomic E-state index is -0.901. The first-order valence-corrected chi connectivity index (χ1v) is 8.70. The zero-order chi connectivity index (χ0) is 16.7. The Morgan fingerprint density at radius 1 is 1.30 bits per heavy atom. The van der Waals surface area contributed by atoms with Crippen LogP contribution in [0.2, 0.25) is 0 Å². The third kappa shape index (κ3) is 4.90. The lowest BCUT2D eigenvalue weighted by Crippen LogP contribution is -2.56. The lowest BCUT2D eigenvalue weighted by Gasteiger charge is -2.47. The molecule has 1 unspecified atom stereocenters. The fourth-order valence-corrected chi connectivity index (χ4v) is 3.44. The second-order valence-electron chi connectivity index (χ2n) is 6.54. The third-order valence-electron chi connectivity index (χ3n) is 5.15. The molecule has 2 aliphatic rings. The molecule has 0 bridgehead atoms. The Balaban J connectivity index is 1.81. The first kappa shape index (κ1) is 18.2. The number of ether oxygens (including phenoxy) is 1. The first-order valence-electron chi connectivity index (χ1n) is 8.70.